The van der Waals surface area contributed by atoms with Crippen molar-refractivity contribution >= 4 is 11.1 Å². The van der Waals surface area contributed by atoms with Gasteiger partial charge in [-0.05, 0) is 118 Å². The topological polar surface area (TPSA) is 63.3 Å². The van der Waals surface area contributed by atoms with Crippen molar-refractivity contribution in [2.75, 3.05) is 0 Å². The number of para-hydroxylation sites is 2. The molecule has 0 aromatic heterocycles. The number of rotatable bonds is 12. The molecule has 1 atom stereocenters. The summed E-state index contributed by atoms with van der Waals surface area (Å²) < 4.78 is 6.20. The molecule has 0 unspecified atom stereocenters. The molecule has 1 aliphatic heterocycles. The van der Waals surface area contributed by atoms with E-state index in [1.54, 1.807) is 0 Å². The summed E-state index contributed by atoms with van der Waals surface area (Å²) in [5.41, 5.74) is 7.63. The Kier molecular flexibility index (Phi) is 10.3. The van der Waals surface area contributed by atoms with E-state index in [1.165, 1.54) is 16.7 Å². The maximum absolute atomic E-state index is 13.2. The summed E-state index contributed by atoms with van der Waals surface area (Å²) in [6.07, 6.45) is 13.6. The van der Waals surface area contributed by atoms with Crippen LogP contribution in [0.4, 0.5) is 0 Å². The van der Waals surface area contributed by atoms with Crippen molar-refractivity contribution in [3.05, 3.63) is 86.1 Å². The highest BCUT2D eigenvalue weighted by molar-refractivity contribution is 5.78. The van der Waals surface area contributed by atoms with Crippen molar-refractivity contribution < 1.29 is 9.52 Å². The Morgan fingerprint density at radius 2 is 1.55 bits per heavy atom. The number of nitrogens with zero attached hydrogens (tertiary/aromatic N) is 1. The highest BCUT2D eigenvalue weighted by atomic mass is 16.3. The first-order valence-electron chi connectivity index (χ1n) is 14.0. The van der Waals surface area contributed by atoms with E-state index in [2.05, 4.69) is 45.9 Å². The second-order valence-corrected chi connectivity index (χ2v) is 11.4. The molecular formula is C34H45NO3. The average molecular weight is 516 g/mol. The zero-order chi connectivity index (χ0) is 27.9. The predicted molar refractivity (Wildman–Crippen MR) is 160 cm³/mol. The fraction of sp³-hybridized carbons (Fsp3) is 0.471. The Labute approximate surface area is 228 Å². The number of allylic oxidation sites excluding steroid dienone is 6. The minimum Gasteiger partial charge on any atom is -0.452 e. The first-order chi connectivity index (χ1) is 18.0. The highest BCUT2D eigenvalue weighted by Crippen LogP contribution is 2.32. The third-order valence-corrected chi connectivity index (χ3v) is 7.54. The number of hydrogen-bond donors (Lipinski definition) is 1. The summed E-state index contributed by atoms with van der Waals surface area (Å²) in [6, 6.07) is 7.63. The van der Waals surface area contributed by atoms with Crippen molar-refractivity contribution in [1.82, 2.24) is 4.98 Å². The van der Waals surface area contributed by atoms with Gasteiger partial charge < -0.3 is 9.52 Å². The number of benzene rings is 2. The SMILES string of the molecule is CC(C)=CCC/C(C)=C/CC/C(C)=C/CC[C@@](C)(O)CCc1c2oc3ccccc3nc-2c(C)c(C)c1=O. The third-order valence-electron chi connectivity index (χ3n) is 7.54. The van der Waals surface area contributed by atoms with Gasteiger partial charge in [-0.2, -0.15) is 0 Å². The number of aliphatic hydroxyl groups is 1. The fourth-order valence-corrected chi connectivity index (χ4v) is 4.82. The molecule has 0 spiro atoms. The second-order valence-electron chi connectivity index (χ2n) is 11.4. The van der Waals surface area contributed by atoms with E-state index in [1.807, 2.05) is 45.0 Å². The molecule has 0 saturated heterocycles. The Bertz CT molecular complexity index is 1370. The molecule has 4 heteroatoms. The quantitative estimate of drug-likeness (QED) is 0.193. The lowest BCUT2D eigenvalue weighted by Gasteiger charge is -2.23. The van der Waals surface area contributed by atoms with Crippen LogP contribution in [0.25, 0.3) is 22.6 Å². The smallest absolute Gasteiger partial charge is 0.188 e. The maximum Gasteiger partial charge on any atom is 0.188 e. The van der Waals surface area contributed by atoms with Crippen LogP contribution < -0.4 is 5.43 Å². The van der Waals surface area contributed by atoms with Crippen molar-refractivity contribution in [3.8, 4) is 11.5 Å². The number of aromatic nitrogens is 1. The molecule has 1 aromatic rings. The van der Waals surface area contributed by atoms with E-state index in [9.17, 15) is 9.90 Å². The van der Waals surface area contributed by atoms with Crippen LogP contribution in [0.1, 0.15) is 96.3 Å². The van der Waals surface area contributed by atoms with E-state index in [4.69, 9.17) is 9.40 Å². The van der Waals surface area contributed by atoms with Crippen LogP contribution in [0, 0.1) is 13.8 Å². The monoisotopic (exact) mass is 515 g/mol. The Hall–Kier alpha value is -2.98. The van der Waals surface area contributed by atoms with E-state index in [-0.39, 0.29) is 5.43 Å². The van der Waals surface area contributed by atoms with E-state index < -0.39 is 5.60 Å². The molecule has 4 nitrogen and oxygen atoms in total. The fourth-order valence-electron chi connectivity index (χ4n) is 4.82. The van der Waals surface area contributed by atoms with Crippen molar-refractivity contribution in [2.45, 2.75) is 105 Å². The lowest BCUT2D eigenvalue weighted by atomic mass is 9.89. The molecule has 0 saturated carbocycles. The standard InChI is InChI=1S/C34H45NO3/c1-23(2)13-10-14-24(3)15-11-16-25(4)17-12-21-34(7,37)22-20-28-32(36)27(6)26(5)31-33(28)38-30-19-9-8-18-29(30)35-31/h8-9,13,15,17-19,37H,10-12,14,16,20-22H2,1-7H3/b24-15+,25-17+/t34-/m1/s1. The van der Waals surface area contributed by atoms with Gasteiger partial charge in [0.15, 0.2) is 16.8 Å². The molecule has 1 heterocycles. The average Bonchev–Trinajstić information content (AvgIpc) is 2.86. The minimum atomic E-state index is -0.875. The van der Waals surface area contributed by atoms with Crippen molar-refractivity contribution in [2.24, 2.45) is 0 Å². The first kappa shape index (κ1) is 29.6. The zero-order valence-electron chi connectivity index (χ0n) is 24.4. The summed E-state index contributed by atoms with van der Waals surface area (Å²) in [6.45, 7) is 14.3. The van der Waals surface area contributed by atoms with Crippen molar-refractivity contribution in [3.63, 3.8) is 0 Å². The molecule has 3 rings (SSSR count). The highest BCUT2D eigenvalue weighted by Gasteiger charge is 2.26. The van der Waals surface area contributed by atoms with Crippen LogP contribution in [0.2, 0.25) is 0 Å². The van der Waals surface area contributed by atoms with Crippen molar-refractivity contribution in [1.29, 1.82) is 0 Å². The molecule has 0 bridgehead atoms. The van der Waals surface area contributed by atoms with Gasteiger partial charge in [0, 0.05) is 11.1 Å². The Morgan fingerprint density at radius 1 is 0.921 bits per heavy atom. The molecular weight excluding hydrogens is 470 g/mol. The van der Waals surface area contributed by atoms with Crippen LogP contribution in [-0.4, -0.2) is 15.7 Å². The molecule has 1 aliphatic carbocycles. The predicted octanol–water partition coefficient (Wildman–Crippen LogP) is 8.79. The molecule has 38 heavy (non-hydrogen) atoms. The van der Waals surface area contributed by atoms with Gasteiger partial charge in [-0.25, -0.2) is 4.98 Å². The van der Waals surface area contributed by atoms with Crippen LogP contribution in [-0.2, 0) is 6.42 Å². The largest absolute Gasteiger partial charge is 0.452 e. The zero-order valence-corrected chi connectivity index (χ0v) is 24.4. The van der Waals surface area contributed by atoms with Gasteiger partial charge >= 0.3 is 0 Å². The molecule has 1 N–H and O–H groups in total. The maximum atomic E-state index is 13.2. The van der Waals surface area contributed by atoms with E-state index >= 15 is 0 Å². The molecule has 204 valence electrons. The van der Waals surface area contributed by atoms with Crippen LogP contribution >= 0.6 is 0 Å². The van der Waals surface area contributed by atoms with Gasteiger partial charge in [0.2, 0.25) is 0 Å². The van der Waals surface area contributed by atoms with Gasteiger partial charge in [0.05, 0.1) is 5.60 Å². The van der Waals surface area contributed by atoms with Gasteiger partial charge in [-0.15, -0.1) is 0 Å². The summed E-state index contributed by atoms with van der Waals surface area (Å²) in [4.78, 5) is 18.0. The lowest BCUT2D eigenvalue weighted by Crippen LogP contribution is -2.27. The molecule has 1 aromatic carbocycles. The summed E-state index contributed by atoms with van der Waals surface area (Å²) in [7, 11) is 0. The summed E-state index contributed by atoms with van der Waals surface area (Å²) in [5, 5.41) is 11.1. The lowest BCUT2D eigenvalue weighted by molar-refractivity contribution is 0.0431. The molecule has 2 aliphatic rings. The normalized spacial score (nSPS) is 14.2. The summed E-state index contributed by atoms with van der Waals surface area (Å²) in [5.74, 6) is 0.549. The number of hydrogen-bond acceptors (Lipinski definition) is 4. The van der Waals surface area contributed by atoms with E-state index in [0.717, 1.165) is 48.9 Å². The molecule has 0 amide bonds. The van der Waals surface area contributed by atoms with Crippen LogP contribution in [0.5, 0.6) is 0 Å². The molecule has 0 radical (unpaired) electrons. The van der Waals surface area contributed by atoms with Gasteiger partial charge in [-0.1, -0.05) is 47.1 Å². The van der Waals surface area contributed by atoms with Gasteiger partial charge in [-0.3, -0.25) is 4.79 Å². The Balaban J connectivity index is 1.61. The minimum absolute atomic E-state index is 0.00781. The van der Waals surface area contributed by atoms with E-state index in [0.29, 0.717) is 41.7 Å². The third kappa shape index (κ3) is 8.01. The second kappa shape index (κ2) is 13.2. The molecule has 0 fully saturated rings. The number of fused-ring (bicyclic) bond motifs is 2. The first-order valence-corrected chi connectivity index (χ1v) is 14.0. The van der Waals surface area contributed by atoms with Crippen LogP contribution in [0.15, 0.2) is 68.4 Å². The van der Waals surface area contributed by atoms with Gasteiger partial charge in [0.1, 0.15) is 11.2 Å². The Morgan fingerprint density at radius 3 is 2.24 bits per heavy atom. The van der Waals surface area contributed by atoms with Gasteiger partial charge in [0.25, 0.3) is 0 Å². The summed E-state index contributed by atoms with van der Waals surface area (Å²) >= 11 is 0. The van der Waals surface area contributed by atoms with Crippen LogP contribution in [0.3, 0.4) is 0 Å².